The van der Waals surface area contributed by atoms with Crippen LogP contribution in [0.25, 0.3) is 11.1 Å². The van der Waals surface area contributed by atoms with Gasteiger partial charge in [-0.1, -0.05) is 68.3 Å². The van der Waals surface area contributed by atoms with Gasteiger partial charge in [-0.05, 0) is 48.1 Å². The Morgan fingerprint density at radius 2 is 1.48 bits per heavy atom. The van der Waals surface area contributed by atoms with Gasteiger partial charge in [0, 0.05) is 12.7 Å². The average molecular weight is 359 g/mol. The summed E-state index contributed by atoms with van der Waals surface area (Å²) in [7, 11) is -2.31. The summed E-state index contributed by atoms with van der Waals surface area (Å²) in [6.07, 6.45) is 6.16. The molecule has 0 aliphatic carbocycles. The van der Waals surface area contributed by atoms with E-state index in [2.05, 4.69) is 60.8 Å². The summed E-state index contributed by atoms with van der Waals surface area (Å²) in [4.78, 5) is 8.80. The van der Waals surface area contributed by atoms with Gasteiger partial charge < -0.3 is 10.2 Å². The first-order valence-corrected chi connectivity index (χ1v) is 10.9. The largest absolute Gasteiger partial charge is 0.346 e. The lowest BCUT2D eigenvalue weighted by Gasteiger charge is -2.07. The lowest BCUT2D eigenvalue weighted by atomic mass is 10.0. The van der Waals surface area contributed by atoms with E-state index in [1.807, 2.05) is 0 Å². The fraction of sp³-hybridized carbons (Fsp3) is 0.429. The van der Waals surface area contributed by atoms with E-state index >= 15 is 0 Å². The van der Waals surface area contributed by atoms with Crippen LogP contribution in [-0.4, -0.2) is 17.6 Å². The van der Waals surface area contributed by atoms with E-state index in [1.54, 1.807) is 0 Å². The molecular formula is C21H30NO2P. The Kier molecular flexibility index (Phi) is 8.96. The minimum Gasteiger partial charge on any atom is -0.346 e. The predicted molar refractivity (Wildman–Crippen MR) is 108 cm³/mol. The van der Waals surface area contributed by atoms with Crippen molar-refractivity contribution in [2.45, 2.75) is 45.6 Å². The van der Waals surface area contributed by atoms with Gasteiger partial charge in [-0.25, -0.2) is 0 Å². The van der Waals surface area contributed by atoms with Gasteiger partial charge in [-0.3, -0.25) is 4.57 Å². The van der Waals surface area contributed by atoms with Crippen molar-refractivity contribution in [3.8, 4) is 11.1 Å². The van der Waals surface area contributed by atoms with E-state index in [1.165, 1.54) is 47.9 Å². The minimum atomic E-state index is -2.31. The molecule has 0 spiro atoms. The number of nitrogens with one attached hydrogen (secondary N) is 1. The molecule has 2 N–H and O–H groups in total. The van der Waals surface area contributed by atoms with E-state index in [0.29, 0.717) is 6.16 Å². The molecule has 0 aliphatic rings. The minimum absolute atomic E-state index is 0.408. The van der Waals surface area contributed by atoms with Crippen LogP contribution in [-0.2, 0) is 17.5 Å². The molecule has 0 saturated heterocycles. The van der Waals surface area contributed by atoms with Gasteiger partial charge in [-0.15, -0.1) is 0 Å². The summed E-state index contributed by atoms with van der Waals surface area (Å²) in [5.41, 5.74) is 5.15. The van der Waals surface area contributed by atoms with Crippen molar-refractivity contribution in [2.24, 2.45) is 0 Å². The zero-order valence-electron chi connectivity index (χ0n) is 15.1. The van der Waals surface area contributed by atoms with Crippen molar-refractivity contribution in [3.63, 3.8) is 0 Å². The van der Waals surface area contributed by atoms with Crippen LogP contribution >= 0.6 is 8.03 Å². The Morgan fingerprint density at radius 3 is 2.04 bits per heavy atom. The van der Waals surface area contributed by atoms with Crippen LogP contribution in [0.1, 0.15) is 43.7 Å². The highest BCUT2D eigenvalue weighted by molar-refractivity contribution is 7.37. The Bertz CT molecular complexity index is 638. The molecule has 1 atom stereocenters. The van der Waals surface area contributed by atoms with Crippen LogP contribution in [0.4, 0.5) is 0 Å². The first-order chi connectivity index (χ1) is 12.2. The first kappa shape index (κ1) is 19.9. The molecule has 3 nitrogen and oxygen atoms in total. The molecule has 0 bridgehead atoms. The summed E-state index contributed by atoms with van der Waals surface area (Å²) in [6, 6.07) is 17.5. The van der Waals surface area contributed by atoms with Gasteiger partial charge in [0.05, 0.1) is 0 Å². The molecule has 0 aliphatic heterocycles. The third-order valence-electron chi connectivity index (χ3n) is 4.38. The zero-order valence-corrected chi connectivity index (χ0v) is 16.1. The topological polar surface area (TPSA) is 49.3 Å². The summed E-state index contributed by atoms with van der Waals surface area (Å²) in [6.45, 7) is 3.81. The molecule has 136 valence electrons. The third-order valence-corrected chi connectivity index (χ3v) is 5.16. The molecule has 2 aromatic carbocycles. The Hall–Kier alpha value is -1.41. The van der Waals surface area contributed by atoms with E-state index in [4.69, 9.17) is 4.89 Å². The van der Waals surface area contributed by atoms with E-state index in [9.17, 15) is 4.57 Å². The molecule has 1 unspecified atom stereocenters. The van der Waals surface area contributed by atoms with E-state index in [0.717, 1.165) is 19.5 Å². The van der Waals surface area contributed by atoms with Crippen LogP contribution in [0, 0.1) is 0 Å². The van der Waals surface area contributed by atoms with Crippen molar-refractivity contribution >= 4 is 8.03 Å². The van der Waals surface area contributed by atoms with Gasteiger partial charge in [0.1, 0.15) is 0 Å². The molecule has 0 heterocycles. The molecule has 0 saturated carbocycles. The van der Waals surface area contributed by atoms with E-state index in [-0.39, 0.29) is 0 Å². The second-order valence-corrected chi connectivity index (χ2v) is 7.81. The number of aryl methyl sites for hydroxylation is 1. The van der Waals surface area contributed by atoms with Crippen LogP contribution < -0.4 is 5.32 Å². The van der Waals surface area contributed by atoms with Crippen LogP contribution in [0.2, 0.25) is 0 Å². The molecule has 0 aromatic heterocycles. The van der Waals surface area contributed by atoms with Crippen LogP contribution in [0.5, 0.6) is 0 Å². The summed E-state index contributed by atoms with van der Waals surface area (Å²) < 4.78 is 10.6. The summed E-state index contributed by atoms with van der Waals surface area (Å²) in [5.74, 6) is 0. The maximum absolute atomic E-state index is 10.6. The highest BCUT2D eigenvalue weighted by atomic mass is 31.1. The van der Waals surface area contributed by atoms with Gasteiger partial charge in [0.25, 0.3) is 0 Å². The first-order valence-electron chi connectivity index (χ1n) is 9.30. The number of benzene rings is 2. The Labute approximate surface area is 152 Å². The highest BCUT2D eigenvalue weighted by Gasteiger charge is 2.00. The Balaban J connectivity index is 1.81. The summed E-state index contributed by atoms with van der Waals surface area (Å²) in [5, 5.41) is 3.31. The molecule has 0 amide bonds. The van der Waals surface area contributed by atoms with Crippen molar-refractivity contribution in [3.05, 3.63) is 59.7 Å². The molecule has 25 heavy (non-hydrogen) atoms. The highest BCUT2D eigenvalue weighted by Crippen LogP contribution is 2.21. The van der Waals surface area contributed by atoms with Gasteiger partial charge >= 0.3 is 0 Å². The summed E-state index contributed by atoms with van der Waals surface area (Å²) >= 11 is 0. The standard InChI is InChI=1S/C21H30NO2P/c1-2-3-4-6-18-7-11-20(12-8-18)21-13-9-19(10-14-21)17-22-15-5-16-25(23)24/h7-14,22,25H,2-6,15-17H2,1H3,(H,23,24). The van der Waals surface area contributed by atoms with E-state index < -0.39 is 8.03 Å². The van der Waals surface area contributed by atoms with Gasteiger partial charge in [0.15, 0.2) is 8.03 Å². The van der Waals surface area contributed by atoms with Crippen molar-refractivity contribution in [2.75, 3.05) is 12.7 Å². The molecule has 0 radical (unpaired) electrons. The number of hydrogen-bond acceptors (Lipinski definition) is 2. The fourth-order valence-corrected chi connectivity index (χ4v) is 3.33. The smallest absolute Gasteiger partial charge is 0.189 e. The predicted octanol–water partition coefficient (Wildman–Crippen LogP) is 5.03. The number of unbranched alkanes of at least 4 members (excludes halogenated alkanes) is 2. The number of rotatable bonds is 11. The van der Waals surface area contributed by atoms with Gasteiger partial charge in [0.2, 0.25) is 0 Å². The van der Waals surface area contributed by atoms with Crippen molar-refractivity contribution in [1.82, 2.24) is 5.32 Å². The maximum atomic E-state index is 10.6. The average Bonchev–Trinajstić information content (AvgIpc) is 2.63. The van der Waals surface area contributed by atoms with Crippen LogP contribution in [0.15, 0.2) is 48.5 Å². The molecular weight excluding hydrogens is 329 g/mol. The Morgan fingerprint density at radius 1 is 0.880 bits per heavy atom. The quantitative estimate of drug-likeness (QED) is 0.437. The fourth-order valence-electron chi connectivity index (χ4n) is 2.86. The number of hydrogen-bond donors (Lipinski definition) is 2. The SMILES string of the molecule is CCCCCc1ccc(-c2ccc(CNCCC[PH](=O)O)cc2)cc1. The zero-order chi connectivity index (χ0) is 17.9. The normalized spacial score (nSPS) is 12.2. The second kappa shape index (κ2) is 11.3. The maximum Gasteiger partial charge on any atom is 0.189 e. The third kappa shape index (κ3) is 7.56. The molecule has 4 heteroatoms. The van der Waals surface area contributed by atoms with Crippen molar-refractivity contribution in [1.29, 1.82) is 0 Å². The lowest BCUT2D eigenvalue weighted by Crippen LogP contribution is -2.15. The van der Waals surface area contributed by atoms with Gasteiger partial charge in [-0.2, -0.15) is 0 Å². The van der Waals surface area contributed by atoms with Crippen molar-refractivity contribution < 1.29 is 9.46 Å². The van der Waals surface area contributed by atoms with Crippen LogP contribution in [0.3, 0.4) is 0 Å². The molecule has 2 aromatic rings. The molecule has 2 rings (SSSR count). The molecule has 0 fully saturated rings. The second-order valence-electron chi connectivity index (χ2n) is 6.53. The lowest BCUT2D eigenvalue weighted by molar-refractivity contribution is 0.499. The monoisotopic (exact) mass is 359 g/mol.